The van der Waals surface area contributed by atoms with Crippen molar-refractivity contribution >= 4 is 5.52 Å². The second-order valence-corrected chi connectivity index (χ2v) is 5.51. The van der Waals surface area contributed by atoms with Crippen molar-refractivity contribution in [2.24, 2.45) is 5.41 Å². The molecule has 1 aliphatic carbocycles. The Balaban J connectivity index is 1.63. The van der Waals surface area contributed by atoms with Crippen LogP contribution in [0.1, 0.15) is 38.2 Å². The highest BCUT2D eigenvalue weighted by Crippen LogP contribution is 2.43. The fourth-order valence-corrected chi connectivity index (χ4v) is 2.92. The molecule has 18 heavy (non-hydrogen) atoms. The normalized spacial score (nSPS) is 17.8. The standard InChI is InChI=1S/C15H21N3/c1-2-15(7-5-8-15)12-16-10-13-11-17-18-9-4-3-6-14(13)18/h3-4,6,9,11,16H,2,5,7-8,10,12H2,1H3. The molecule has 2 aromatic rings. The number of pyridine rings is 1. The van der Waals surface area contributed by atoms with Crippen LogP contribution in [0.25, 0.3) is 5.52 Å². The van der Waals surface area contributed by atoms with E-state index in [1.807, 2.05) is 23.0 Å². The van der Waals surface area contributed by atoms with E-state index in [2.05, 4.69) is 29.5 Å². The van der Waals surface area contributed by atoms with E-state index in [1.54, 1.807) is 0 Å². The molecule has 1 saturated carbocycles. The fourth-order valence-electron chi connectivity index (χ4n) is 2.92. The topological polar surface area (TPSA) is 29.3 Å². The Morgan fingerprint density at radius 2 is 2.28 bits per heavy atom. The summed E-state index contributed by atoms with van der Waals surface area (Å²) in [5.74, 6) is 0. The highest BCUT2D eigenvalue weighted by Gasteiger charge is 2.34. The van der Waals surface area contributed by atoms with E-state index in [0.717, 1.165) is 13.1 Å². The minimum absolute atomic E-state index is 0.586. The highest BCUT2D eigenvalue weighted by molar-refractivity contribution is 5.53. The van der Waals surface area contributed by atoms with E-state index >= 15 is 0 Å². The summed E-state index contributed by atoms with van der Waals surface area (Å²) in [4.78, 5) is 0. The quantitative estimate of drug-likeness (QED) is 0.874. The smallest absolute Gasteiger partial charge is 0.0706 e. The predicted octanol–water partition coefficient (Wildman–Crippen LogP) is 3.00. The summed E-state index contributed by atoms with van der Waals surface area (Å²) >= 11 is 0. The number of nitrogens with one attached hydrogen (secondary N) is 1. The van der Waals surface area contributed by atoms with Crippen LogP contribution in [0.2, 0.25) is 0 Å². The fraction of sp³-hybridized carbons (Fsp3) is 0.533. The van der Waals surface area contributed by atoms with Gasteiger partial charge in [-0.2, -0.15) is 5.10 Å². The number of nitrogens with zero attached hydrogens (tertiary/aromatic N) is 2. The van der Waals surface area contributed by atoms with Gasteiger partial charge in [0, 0.05) is 24.8 Å². The van der Waals surface area contributed by atoms with E-state index in [4.69, 9.17) is 0 Å². The first-order valence-corrected chi connectivity index (χ1v) is 6.95. The predicted molar refractivity (Wildman–Crippen MR) is 73.5 cm³/mol. The van der Waals surface area contributed by atoms with Gasteiger partial charge in [-0.3, -0.25) is 0 Å². The molecule has 2 heterocycles. The van der Waals surface area contributed by atoms with Crippen LogP contribution < -0.4 is 5.32 Å². The van der Waals surface area contributed by atoms with Gasteiger partial charge >= 0.3 is 0 Å². The molecule has 3 heteroatoms. The van der Waals surface area contributed by atoms with Crippen molar-refractivity contribution in [3.8, 4) is 0 Å². The van der Waals surface area contributed by atoms with Crippen LogP contribution in [0.5, 0.6) is 0 Å². The maximum absolute atomic E-state index is 4.36. The lowest BCUT2D eigenvalue weighted by Gasteiger charge is -2.41. The van der Waals surface area contributed by atoms with Crippen LogP contribution in [0.15, 0.2) is 30.6 Å². The Labute approximate surface area is 108 Å². The van der Waals surface area contributed by atoms with Crippen molar-refractivity contribution in [1.29, 1.82) is 0 Å². The number of rotatable bonds is 5. The second kappa shape index (κ2) is 4.73. The van der Waals surface area contributed by atoms with Gasteiger partial charge in [-0.05, 0) is 36.8 Å². The van der Waals surface area contributed by atoms with Crippen LogP contribution >= 0.6 is 0 Å². The zero-order chi connectivity index (χ0) is 12.4. The molecule has 0 aliphatic heterocycles. The zero-order valence-electron chi connectivity index (χ0n) is 11.0. The number of fused-ring (bicyclic) bond motifs is 1. The van der Waals surface area contributed by atoms with Gasteiger partial charge in [0.25, 0.3) is 0 Å². The Bertz CT molecular complexity index is 520. The van der Waals surface area contributed by atoms with Gasteiger partial charge < -0.3 is 5.32 Å². The van der Waals surface area contributed by atoms with Crippen LogP contribution in [0.3, 0.4) is 0 Å². The van der Waals surface area contributed by atoms with Crippen molar-refractivity contribution in [3.05, 3.63) is 36.2 Å². The first-order chi connectivity index (χ1) is 8.83. The summed E-state index contributed by atoms with van der Waals surface area (Å²) in [6, 6.07) is 6.21. The Hall–Kier alpha value is -1.35. The molecule has 0 atom stereocenters. The molecule has 2 aromatic heterocycles. The third kappa shape index (κ3) is 2.03. The highest BCUT2D eigenvalue weighted by atomic mass is 15.2. The first-order valence-electron chi connectivity index (χ1n) is 6.95. The molecule has 1 aliphatic rings. The van der Waals surface area contributed by atoms with E-state index in [9.17, 15) is 0 Å². The summed E-state index contributed by atoms with van der Waals surface area (Å²) in [6.45, 7) is 4.39. The molecule has 0 bridgehead atoms. The van der Waals surface area contributed by atoms with Crippen molar-refractivity contribution < 1.29 is 0 Å². The average Bonchev–Trinajstić information content (AvgIpc) is 2.76. The molecule has 0 amide bonds. The molecule has 1 fully saturated rings. The third-order valence-electron chi connectivity index (χ3n) is 4.49. The second-order valence-electron chi connectivity index (χ2n) is 5.51. The van der Waals surface area contributed by atoms with Gasteiger partial charge in [-0.15, -0.1) is 0 Å². The molecule has 1 N–H and O–H groups in total. The number of hydrogen-bond acceptors (Lipinski definition) is 2. The van der Waals surface area contributed by atoms with Gasteiger partial charge in [-0.25, -0.2) is 4.52 Å². The molecule has 3 nitrogen and oxygen atoms in total. The van der Waals surface area contributed by atoms with Crippen molar-refractivity contribution in [1.82, 2.24) is 14.9 Å². The molecule has 0 radical (unpaired) electrons. The molecular weight excluding hydrogens is 222 g/mol. The van der Waals surface area contributed by atoms with Crippen LogP contribution in [0.4, 0.5) is 0 Å². The lowest BCUT2D eigenvalue weighted by molar-refractivity contribution is 0.124. The summed E-state index contributed by atoms with van der Waals surface area (Å²) in [7, 11) is 0. The largest absolute Gasteiger partial charge is 0.312 e. The third-order valence-corrected chi connectivity index (χ3v) is 4.49. The Morgan fingerprint density at radius 3 is 3.00 bits per heavy atom. The van der Waals surface area contributed by atoms with Crippen LogP contribution in [-0.2, 0) is 6.54 Å². The molecule has 96 valence electrons. The van der Waals surface area contributed by atoms with Gasteiger partial charge in [0.2, 0.25) is 0 Å². The molecule has 0 spiro atoms. The van der Waals surface area contributed by atoms with E-state index in [0.29, 0.717) is 5.41 Å². The van der Waals surface area contributed by atoms with Gasteiger partial charge in [0.05, 0.1) is 11.7 Å². The zero-order valence-corrected chi connectivity index (χ0v) is 11.0. The molecule has 0 saturated heterocycles. The summed E-state index contributed by atoms with van der Waals surface area (Å²) < 4.78 is 1.94. The summed E-state index contributed by atoms with van der Waals surface area (Å²) in [5.41, 5.74) is 3.09. The lowest BCUT2D eigenvalue weighted by atomic mass is 9.67. The molecular formula is C15H21N3. The maximum Gasteiger partial charge on any atom is 0.0706 e. The summed E-state index contributed by atoms with van der Waals surface area (Å²) in [6.07, 6.45) is 9.47. The first kappa shape index (κ1) is 11.7. The Kier molecular flexibility index (Phi) is 3.08. The van der Waals surface area contributed by atoms with Crippen LogP contribution in [-0.4, -0.2) is 16.2 Å². The SMILES string of the molecule is CCC1(CNCc2cnn3ccccc23)CCC1. The molecule has 0 aromatic carbocycles. The maximum atomic E-state index is 4.36. The Morgan fingerprint density at radius 1 is 1.39 bits per heavy atom. The molecule has 3 rings (SSSR count). The van der Waals surface area contributed by atoms with Gasteiger partial charge in [0.1, 0.15) is 0 Å². The lowest BCUT2D eigenvalue weighted by Crippen LogP contribution is -2.39. The monoisotopic (exact) mass is 243 g/mol. The van der Waals surface area contributed by atoms with Gasteiger partial charge in [-0.1, -0.05) is 19.4 Å². The summed E-state index contributed by atoms with van der Waals surface area (Å²) in [5, 5.41) is 7.99. The molecule has 0 unspecified atom stereocenters. The van der Waals surface area contributed by atoms with Crippen LogP contribution in [0, 0.1) is 5.41 Å². The minimum Gasteiger partial charge on any atom is -0.312 e. The average molecular weight is 243 g/mol. The van der Waals surface area contributed by atoms with E-state index in [-0.39, 0.29) is 0 Å². The minimum atomic E-state index is 0.586. The number of aromatic nitrogens is 2. The van der Waals surface area contributed by atoms with Gasteiger partial charge in [0.15, 0.2) is 0 Å². The van der Waals surface area contributed by atoms with E-state index < -0.39 is 0 Å². The van der Waals surface area contributed by atoms with Crippen molar-refractivity contribution in [3.63, 3.8) is 0 Å². The van der Waals surface area contributed by atoms with Crippen molar-refractivity contribution in [2.75, 3.05) is 6.54 Å². The number of hydrogen-bond donors (Lipinski definition) is 1. The van der Waals surface area contributed by atoms with E-state index in [1.165, 1.54) is 36.8 Å². The van der Waals surface area contributed by atoms with Crippen molar-refractivity contribution in [2.45, 2.75) is 39.2 Å².